The Kier molecular flexibility index (Phi) is 4.95. The van der Waals surface area contributed by atoms with Crippen LogP contribution in [0.3, 0.4) is 0 Å². The van der Waals surface area contributed by atoms with Gasteiger partial charge in [0, 0.05) is 17.8 Å². The van der Waals surface area contributed by atoms with E-state index >= 15 is 0 Å². The summed E-state index contributed by atoms with van der Waals surface area (Å²) in [5.41, 5.74) is 2.38. The summed E-state index contributed by atoms with van der Waals surface area (Å²) in [6.45, 7) is 0. The standard InChI is InChI=1S/C23H17FN4O3S/c24-16-6-8-17(9-7-16)31-18-4-1-3-15(11-18)14-32(29,30)19-12-21(26-13-19)22-20-5-2-10-25-23(20)28-27-22/h1-13,26H,14H2,(H,25,27,28). The lowest BCUT2D eigenvalue weighted by atomic mass is 10.2. The maximum absolute atomic E-state index is 13.1. The highest BCUT2D eigenvalue weighted by molar-refractivity contribution is 7.90. The van der Waals surface area contributed by atoms with Crippen LogP contribution in [0.4, 0.5) is 4.39 Å². The summed E-state index contributed by atoms with van der Waals surface area (Å²) >= 11 is 0. The number of hydrogen-bond donors (Lipinski definition) is 2. The van der Waals surface area contributed by atoms with Gasteiger partial charge in [0.1, 0.15) is 23.0 Å². The summed E-state index contributed by atoms with van der Waals surface area (Å²) in [5.74, 6) is 0.368. The number of ether oxygens (including phenoxy) is 1. The Morgan fingerprint density at radius 1 is 0.969 bits per heavy atom. The lowest BCUT2D eigenvalue weighted by molar-refractivity contribution is 0.480. The van der Waals surface area contributed by atoms with Crippen molar-refractivity contribution in [1.82, 2.24) is 20.2 Å². The van der Waals surface area contributed by atoms with Gasteiger partial charge in [-0.15, -0.1) is 0 Å². The van der Waals surface area contributed by atoms with Gasteiger partial charge in [0.25, 0.3) is 0 Å². The largest absolute Gasteiger partial charge is 0.457 e. The minimum atomic E-state index is -3.62. The van der Waals surface area contributed by atoms with Gasteiger partial charge in [-0.3, -0.25) is 5.10 Å². The smallest absolute Gasteiger partial charge is 0.184 e. The fourth-order valence-corrected chi connectivity index (χ4v) is 4.71. The van der Waals surface area contributed by atoms with Gasteiger partial charge >= 0.3 is 0 Å². The van der Waals surface area contributed by atoms with Gasteiger partial charge in [-0.2, -0.15) is 5.10 Å². The van der Waals surface area contributed by atoms with E-state index in [1.165, 1.54) is 30.5 Å². The first-order chi connectivity index (χ1) is 15.5. The molecule has 0 unspecified atom stereocenters. The first kappa shape index (κ1) is 20.0. The molecule has 32 heavy (non-hydrogen) atoms. The lowest BCUT2D eigenvalue weighted by Gasteiger charge is -2.08. The molecule has 7 nitrogen and oxygen atoms in total. The highest BCUT2D eigenvalue weighted by atomic mass is 32.2. The molecular weight excluding hydrogens is 431 g/mol. The maximum Gasteiger partial charge on any atom is 0.184 e. The summed E-state index contributed by atoms with van der Waals surface area (Å²) in [6.07, 6.45) is 3.11. The molecule has 0 saturated heterocycles. The van der Waals surface area contributed by atoms with E-state index in [0.717, 1.165) is 5.39 Å². The number of sulfone groups is 1. The van der Waals surface area contributed by atoms with Crippen LogP contribution in [0, 0.1) is 5.82 Å². The monoisotopic (exact) mass is 448 g/mol. The SMILES string of the molecule is O=S(=O)(Cc1cccc(Oc2ccc(F)cc2)c1)c1c[nH]c(-c2n[nH]c3ncccc23)c1. The van der Waals surface area contributed by atoms with E-state index in [1.807, 2.05) is 6.07 Å². The van der Waals surface area contributed by atoms with Gasteiger partial charge in [0.2, 0.25) is 0 Å². The predicted octanol–water partition coefficient (Wildman–Crippen LogP) is 4.86. The molecule has 0 aliphatic carbocycles. The minimum Gasteiger partial charge on any atom is -0.457 e. The van der Waals surface area contributed by atoms with E-state index in [1.54, 1.807) is 42.6 Å². The van der Waals surface area contributed by atoms with E-state index in [0.29, 0.717) is 34.1 Å². The van der Waals surface area contributed by atoms with E-state index < -0.39 is 9.84 Å². The molecule has 5 rings (SSSR count). The van der Waals surface area contributed by atoms with Crippen molar-refractivity contribution >= 4 is 20.9 Å². The Morgan fingerprint density at radius 2 is 1.81 bits per heavy atom. The third-order valence-corrected chi connectivity index (χ3v) is 6.58. The first-order valence-electron chi connectivity index (χ1n) is 9.71. The summed E-state index contributed by atoms with van der Waals surface area (Å²) in [5, 5.41) is 7.88. The molecule has 0 aliphatic heterocycles. The second-order valence-electron chi connectivity index (χ2n) is 7.18. The zero-order valence-corrected chi connectivity index (χ0v) is 17.4. The van der Waals surface area contributed by atoms with Gasteiger partial charge in [0.05, 0.1) is 16.3 Å². The third kappa shape index (κ3) is 3.97. The predicted molar refractivity (Wildman–Crippen MR) is 117 cm³/mol. The summed E-state index contributed by atoms with van der Waals surface area (Å²) in [4.78, 5) is 7.36. The highest BCUT2D eigenvalue weighted by Crippen LogP contribution is 2.28. The fraction of sp³-hybridized carbons (Fsp3) is 0.0435. The van der Waals surface area contributed by atoms with E-state index in [9.17, 15) is 12.8 Å². The maximum atomic E-state index is 13.1. The van der Waals surface area contributed by atoms with E-state index in [4.69, 9.17) is 4.74 Å². The van der Waals surface area contributed by atoms with Crippen LogP contribution < -0.4 is 4.74 Å². The number of rotatable bonds is 6. The van der Waals surface area contributed by atoms with E-state index in [2.05, 4.69) is 20.2 Å². The molecule has 0 bridgehead atoms. The summed E-state index contributed by atoms with van der Waals surface area (Å²) in [6, 6.07) is 17.6. The molecule has 2 aromatic carbocycles. The van der Waals surface area contributed by atoms with Crippen molar-refractivity contribution in [2.45, 2.75) is 10.6 Å². The van der Waals surface area contributed by atoms with Crippen LogP contribution >= 0.6 is 0 Å². The molecule has 3 aromatic heterocycles. The highest BCUT2D eigenvalue weighted by Gasteiger charge is 2.20. The molecular formula is C23H17FN4O3S. The summed E-state index contributed by atoms with van der Waals surface area (Å²) in [7, 11) is -3.62. The van der Waals surface area contributed by atoms with Crippen LogP contribution in [0.1, 0.15) is 5.56 Å². The van der Waals surface area contributed by atoms with Crippen LogP contribution in [0.25, 0.3) is 22.4 Å². The second-order valence-corrected chi connectivity index (χ2v) is 9.17. The molecule has 160 valence electrons. The number of halogens is 1. The average Bonchev–Trinajstić information content (AvgIpc) is 3.43. The zero-order valence-electron chi connectivity index (χ0n) is 16.6. The topological polar surface area (TPSA) is 101 Å². The number of nitrogens with one attached hydrogen (secondary N) is 2. The number of aromatic nitrogens is 4. The van der Waals surface area contributed by atoms with Crippen LogP contribution in [-0.2, 0) is 15.6 Å². The molecule has 0 fully saturated rings. The molecule has 0 atom stereocenters. The Hall–Kier alpha value is -3.98. The van der Waals surface area contributed by atoms with Gasteiger partial charge in [-0.05, 0) is 60.2 Å². The number of hydrogen-bond acceptors (Lipinski definition) is 5. The molecule has 0 amide bonds. The Balaban J connectivity index is 1.37. The van der Waals surface area contributed by atoms with Crippen LogP contribution in [-0.4, -0.2) is 28.6 Å². The van der Waals surface area contributed by atoms with Gasteiger partial charge in [-0.25, -0.2) is 17.8 Å². The van der Waals surface area contributed by atoms with Crippen molar-refractivity contribution in [3.63, 3.8) is 0 Å². The quantitative estimate of drug-likeness (QED) is 0.386. The fourth-order valence-electron chi connectivity index (χ4n) is 3.39. The number of nitrogens with zero attached hydrogens (tertiary/aromatic N) is 2. The molecule has 3 heterocycles. The number of fused-ring (bicyclic) bond motifs is 1. The van der Waals surface area contributed by atoms with Crippen molar-refractivity contribution in [3.05, 3.63) is 90.5 Å². The molecule has 0 radical (unpaired) electrons. The minimum absolute atomic E-state index is 0.164. The van der Waals surface area contributed by atoms with Crippen molar-refractivity contribution < 1.29 is 17.5 Å². The molecule has 0 saturated carbocycles. The van der Waals surface area contributed by atoms with Crippen molar-refractivity contribution in [1.29, 1.82) is 0 Å². The Bertz CT molecular complexity index is 1510. The third-order valence-electron chi connectivity index (χ3n) is 4.91. The molecule has 2 N–H and O–H groups in total. The zero-order chi connectivity index (χ0) is 22.1. The number of aromatic amines is 2. The molecule has 0 spiro atoms. The number of H-pyrrole nitrogens is 2. The average molecular weight is 448 g/mol. The second kappa shape index (κ2) is 7.93. The van der Waals surface area contributed by atoms with E-state index in [-0.39, 0.29) is 16.5 Å². The van der Waals surface area contributed by atoms with Crippen molar-refractivity contribution in [2.75, 3.05) is 0 Å². The van der Waals surface area contributed by atoms with Crippen LogP contribution in [0.5, 0.6) is 11.5 Å². The van der Waals surface area contributed by atoms with Crippen LogP contribution in [0.15, 0.2) is 84.0 Å². The first-order valence-corrected chi connectivity index (χ1v) is 11.4. The van der Waals surface area contributed by atoms with Crippen molar-refractivity contribution in [3.8, 4) is 22.9 Å². The van der Waals surface area contributed by atoms with Crippen LogP contribution in [0.2, 0.25) is 0 Å². The Morgan fingerprint density at radius 3 is 2.66 bits per heavy atom. The van der Waals surface area contributed by atoms with Gasteiger partial charge in [-0.1, -0.05) is 12.1 Å². The normalized spacial score (nSPS) is 11.7. The van der Waals surface area contributed by atoms with Crippen molar-refractivity contribution in [2.24, 2.45) is 0 Å². The number of pyridine rings is 1. The van der Waals surface area contributed by atoms with Gasteiger partial charge in [0.15, 0.2) is 15.5 Å². The molecule has 5 aromatic rings. The summed E-state index contributed by atoms with van der Waals surface area (Å²) < 4.78 is 44.8. The molecule has 0 aliphatic rings. The lowest BCUT2D eigenvalue weighted by Crippen LogP contribution is -2.04. The van der Waals surface area contributed by atoms with Gasteiger partial charge < -0.3 is 9.72 Å². The Labute approximate surface area is 182 Å². The number of benzene rings is 2. The molecule has 9 heteroatoms.